The largest absolute Gasteiger partial charge is 0.348 e. The lowest BCUT2D eigenvalue weighted by atomic mass is 9.82. The SMILES string of the molecule is C=C1N(C)c2cccc(C=O)c2C1(C)C. The van der Waals surface area contributed by atoms with Gasteiger partial charge in [-0.05, 0) is 11.6 Å². The summed E-state index contributed by atoms with van der Waals surface area (Å²) < 4.78 is 0. The third-order valence-electron chi connectivity index (χ3n) is 3.31. The number of rotatable bonds is 1. The first-order chi connectivity index (χ1) is 7.00. The summed E-state index contributed by atoms with van der Waals surface area (Å²) in [4.78, 5) is 13.1. The maximum absolute atomic E-state index is 11.0. The van der Waals surface area contributed by atoms with Crippen molar-refractivity contribution in [3.05, 3.63) is 41.6 Å². The second-order valence-corrected chi connectivity index (χ2v) is 4.49. The molecule has 1 aromatic carbocycles. The van der Waals surface area contributed by atoms with E-state index in [4.69, 9.17) is 0 Å². The molecule has 15 heavy (non-hydrogen) atoms. The van der Waals surface area contributed by atoms with E-state index in [2.05, 4.69) is 25.3 Å². The van der Waals surface area contributed by atoms with Crippen molar-refractivity contribution < 1.29 is 4.79 Å². The molecule has 0 saturated carbocycles. The molecular weight excluding hydrogens is 186 g/mol. The van der Waals surface area contributed by atoms with Gasteiger partial charge in [0.05, 0.1) is 0 Å². The van der Waals surface area contributed by atoms with E-state index >= 15 is 0 Å². The molecule has 2 rings (SSSR count). The minimum atomic E-state index is -0.151. The predicted octanol–water partition coefficient (Wildman–Crippen LogP) is 2.74. The van der Waals surface area contributed by atoms with Gasteiger partial charge in [0, 0.05) is 29.4 Å². The topological polar surface area (TPSA) is 20.3 Å². The van der Waals surface area contributed by atoms with Crippen LogP contribution in [0.1, 0.15) is 29.8 Å². The second-order valence-electron chi connectivity index (χ2n) is 4.49. The Balaban J connectivity index is 2.77. The van der Waals surface area contributed by atoms with Gasteiger partial charge < -0.3 is 4.90 Å². The summed E-state index contributed by atoms with van der Waals surface area (Å²) >= 11 is 0. The number of carbonyl (C=O) groups is 1. The number of hydrogen-bond donors (Lipinski definition) is 0. The van der Waals surface area contributed by atoms with Gasteiger partial charge in [-0.3, -0.25) is 4.79 Å². The van der Waals surface area contributed by atoms with Crippen LogP contribution in [0.5, 0.6) is 0 Å². The summed E-state index contributed by atoms with van der Waals surface area (Å²) in [5.41, 5.74) is 3.83. The van der Waals surface area contributed by atoms with Gasteiger partial charge in [0.25, 0.3) is 0 Å². The van der Waals surface area contributed by atoms with Gasteiger partial charge in [0.1, 0.15) is 6.29 Å². The molecule has 0 amide bonds. The van der Waals surface area contributed by atoms with E-state index in [9.17, 15) is 4.79 Å². The number of aldehydes is 1. The van der Waals surface area contributed by atoms with Crippen LogP contribution in [0.4, 0.5) is 5.69 Å². The van der Waals surface area contributed by atoms with E-state index in [1.165, 1.54) is 0 Å². The standard InChI is InChI=1S/C13H15NO/c1-9-13(2,3)12-10(8-15)6-5-7-11(12)14(9)4/h5-8H,1H2,2-4H3. The number of anilines is 1. The van der Waals surface area contributed by atoms with Crippen molar-refractivity contribution in [1.82, 2.24) is 0 Å². The maximum Gasteiger partial charge on any atom is 0.150 e. The lowest BCUT2D eigenvalue weighted by Crippen LogP contribution is -2.22. The number of nitrogens with zero attached hydrogens (tertiary/aromatic N) is 1. The Morgan fingerprint density at radius 3 is 2.67 bits per heavy atom. The summed E-state index contributed by atoms with van der Waals surface area (Å²) in [6.45, 7) is 8.29. The van der Waals surface area contributed by atoms with Crippen LogP contribution in [0.15, 0.2) is 30.5 Å². The zero-order chi connectivity index (χ0) is 11.2. The van der Waals surface area contributed by atoms with Crippen molar-refractivity contribution in [3.8, 4) is 0 Å². The van der Waals surface area contributed by atoms with E-state index in [1.807, 2.05) is 25.2 Å². The highest BCUT2D eigenvalue weighted by Gasteiger charge is 2.38. The van der Waals surface area contributed by atoms with Crippen molar-refractivity contribution in [1.29, 1.82) is 0 Å². The molecule has 2 nitrogen and oxygen atoms in total. The van der Waals surface area contributed by atoms with Gasteiger partial charge in [-0.25, -0.2) is 0 Å². The van der Waals surface area contributed by atoms with Crippen molar-refractivity contribution in [2.75, 3.05) is 11.9 Å². The highest BCUT2D eigenvalue weighted by Crippen LogP contribution is 2.47. The number of hydrogen-bond acceptors (Lipinski definition) is 2. The summed E-state index contributed by atoms with van der Waals surface area (Å²) in [5, 5.41) is 0. The number of fused-ring (bicyclic) bond motifs is 1. The summed E-state index contributed by atoms with van der Waals surface area (Å²) in [6.07, 6.45) is 0.924. The van der Waals surface area contributed by atoms with Crippen molar-refractivity contribution in [2.24, 2.45) is 0 Å². The number of likely N-dealkylation sites (N-methyl/N-ethyl adjacent to an activating group) is 1. The molecule has 0 atom stereocenters. The smallest absolute Gasteiger partial charge is 0.150 e. The lowest BCUT2D eigenvalue weighted by molar-refractivity contribution is 0.112. The normalized spacial score (nSPS) is 17.8. The minimum Gasteiger partial charge on any atom is -0.348 e. The molecule has 0 bridgehead atoms. The molecule has 0 radical (unpaired) electrons. The van der Waals surface area contributed by atoms with Crippen LogP contribution in [-0.4, -0.2) is 13.3 Å². The lowest BCUT2D eigenvalue weighted by Gasteiger charge is -2.22. The molecule has 0 saturated heterocycles. The van der Waals surface area contributed by atoms with Crippen molar-refractivity contribution in [3.63, 3.8) is 0 Å². The molecular formula is C13H15NO. The van der Waals surface area contributed by atoms with Gasteiger partial charge in [-0.2, -0.15) is 0 Å². The Bertz CT molecular complexity index is 446. The minimum absolute atomic E-state index is 0.151. The van der Waals surface area contributed by atoms with Crippen LogP contribution in [-0.2, 0) is 5.41 Å². The highest BCUT2D eigenvalue weighted by atomic mass is 16.1. The number of benzene rings is 1. The Labute approximate surface area is 90.2 Å². The molecule has 2 heteroatoms. The summed E-state index contributed by atoms with van der Waals surface area (Å²) in [7, 11) is 1.99. The first kappa shape index (κ1) is 9.97. The van der Waals surface area contributed by atoms with E-state index < -0.39 is 0 Å². The molecule has 0 fully saturated rings. The fourth-order valence-electron chi connectivity index (χ4n) is 2.33. The second kappa shape index (κ2) is 2.96. The molecule has 0 N–H and O–H groups in total. The third kappa shape index (κ3) is 1.14. The number of carbonyl (C=O) groups excluding carboxylic acids is 1. The van der Waals surface area contributed by atoms with E-state index in [0.717, 1.165) is 28.8 Å². The molecule has 0 aliphatic carbocycles. The molecule has 0 spiro atoms. The van der Waals surface area contributed by atoms with E-state index in [0.29, 0.717) is 0 Å². The molecule has 0 aromatic heterocycles. The molecule has 78 valence electrons. The molecule has 1 heterocycles. The van der Waals surface area contributed by atoms with Crippen molar-refractivity contribution >= 4 is 12.0 Å². The molecule has 1 aliphatic rings. The van der Waals surface area contributed by atoms with Crippen molar-refractivity contribution in [2.45, 2.75) is 19.3 Å². The van der Waals surface area contributed by atoms with E-state index in [1.54, 1.807) is 0 Å². The Morgan fingerprint density at radius 1 is 1.40 bits per heavy atom. The molecule has 1 aliphatic heterocycles. The Morgan fingerprint density at radius 2 is 2.07 bits per heavy atom. The van der Waals surface area contributed by atoms with Crippen LogP contribution < -0.4 is 4.90 Å². The van der Waals surface area contributed by atoms with Crippen LogP contribution >= 0.6 is 0 Å². The Hall–Kier alpha value is -1.57. The first-order valence-corrected chi connectivity index (χ1v) is 5.02. The third-order valence-corrected chi connectivity index (χ3v) is 3.31. The fourth-order valence-corrected chi connectivity index (χ4v) is 2.33. The van der Waals surface area contributed by atoms with Gasteiger partial charge in [-0.1, -0.05) is 32.6 Å². The fraction of sp³-hybridized carbons (Fsp3) is 0.308. The van der Waals surface area contributed by atoms with Gasteiger partial charge >= 0.3 is 0 Å². The average Bonchev–Trinajstić information content (AvgIpc) is 2.41. The van der Waals surface area contributed by atoms with E-state index in [-0.39, 0.29) is 5.41 Å². The zero-order valence-corrected chi connectivity index (χ0v) is 9.37. The van der Waals surface area contributed by atoms with Gasteiger partial charge in [-0.15, -0.1) is 0 Å². The summed E-state index contributed by atoms with van der Waals surface area (Å²) in [5.74, 6) is 0. The molecule has 1 aromatic rings. The van der Waals surface area contributed by atoms with Crippen LogP contribution in [0.2, 0.25) is 0 Å². The quantitative estimate of drug-likeness (QED) is 0.651. The van der Waals surface area contributed by atoms with Crippen LogP contribution in [0, 0.1) is 0 Å². The number of allylic oxidation sites excluding steroid dienone is 1. The van der Waals surface area contributed by atoms with Gasteiger partial charge in [0.15, 0.2) is 0 Å². The predicted molar refractivity (Wildman–Crippen MR) is 62.4 cm³/mol. The van der Waals surface area contributed by atoms with Crippen LogP contribution in [0.25, 0.3) is 0 Å². The summed E-state index contributed by atoms with van der Waals surface area (Å²) in [6, 6.07) is 5.80. The van der Waals surface area contributed by atoms with Gasteiger partial charge in [0.2, 0.25) is 0 Å². The first-order valence-electron chi connectivity index (χ1n) is 5.02. The monoisotopic (exact) mass is 201 g/mol. The van der Waals surface area contributed by atoms with Crippen LogP contribution in [0.3, 0.4) is 0 Å². The average molecular weight is 201 g/mol. The maximum atomic E-state index is 11.0. The Kier molecular flexibility index (Phi) is 1.97. The zero-order valence-electron chi connectivity index (χ0n) is 9.37. The molecule has 0 unspecified atom stereocenters. The highest BCUT2D eigenvalue weighted by molar-refractivity contribution is 5.85.